The average Bonchev–Trinajstić information content (AvgIpc) is 2.67. The van der Waals surface area contributed by atoms with Crippen molar-refractivity contribution < 1.29 is 13.2 Å². The molecule has 1 saturated heterocycles. The molecule has 1 amide bonds. The molecule has 0 saturated carbocycles. The van der Waals surface area contributed by atoms with Crippen LogP contribution in [0.25, 0.3) is 0 Å². The Morgan fingerprint density at radius 2 is 1.77 bits per heavy atom. The second kappa shape index (κ2) is 8.06. The van der Waals surface area contributed by atoms with Gasteiger partial charge >= 0.3 is 0 Å². The Labute approximate surface area is 156 Å². The highest BCUT2D eigenvalue weighted by molar-refractivity contribution is 7.89. The minimum atomic E-state index is -3.47. The van der Waals surface area contributed by atoms with Crippen molar-refractivity contribution in [2.75, 3.05) is 32.7 Å². The summed E-state index contributed by atoms with van der Waals surface area (Å²) in [5.41, 5.74) is 2.47. The molecule has 7 heteroatoms. The first-order valence-corrected chi connectivity index (χ1v) is 11.0. The molecule has 1 heterocycles. The molecular weight excluding hydrogens is 350 g/mol. The summed E-state index contributed by atoms with van der Waals surface area (Å²) in [6.45, 7) is 6.36. The first kappa shape index (κ1) is 19.3. The second-order valence-corrected chi connectivity index (χ2v) is 9.09. The highest BCUT2D eigenvalue weighted by atomic mass is 32.2. The molecule has 0 unspecified atom stereocenters. The lowest BCUT2D eigenvalue weighted by molar-refractivity contribution is -0.126. The third-order valence-corrected chi connectivity index (χ3v) is 7.40. The van der Waals surface area contributed by atoms with Crippen LogP contribution in [0.4, 0.5) is 0 Å². The summed E-state index contributed by atoms with van der Waals surface area (Å²) < 4.78 is 27.6. The molecule has 0 aromatic heterocycles. The summed E-state index contributed by atoms with van der Waals surface area (Å²) in [5.74, 6) is -0.00139. The molecule has 1 aromatic rings. The Bertz CT molecular complexity index is 755. The van der Waals surface area contributed by atoms with E-state index in [2.05, 4.69) is 5.32 Å². The molecule has 6 nitrogen and oxygen atoms in total. The smallest absolute Gasteiger partial charge is 0.243 e. The number of amides is 1. The second-order valence-electron chi connectivity index (χ2n) is 7.15. The highest BCUT2D eigenvalue weighted by Gasteiger charge is 2.32. The Kier molecular flexibility index (Phi) is 5.99. The molecular formula is C19H29N3O3S. The number of carbonyl (C=O) groups excluding carboxylic acids is 1. The Morgan fingerprint density at radius 3 is 2.42 bits per heavy atom. The molecule has 3 rings (SSSR count). The van der Waals surface area contributed by atoms with Crippen LogP contribution in [0.15, 0.2) is 23.1 Å². The van der Waals surface area contributed by atoms with E-state index in [0.717, 1.165) is 19.3 Å². The first-order valence-electron chi connectivity index (χ1n) is 9.57. The number of hydrogen-bond donors (Lipinski definition) is 1. The SMILES string of the molecule is CCNC(=O)[C@@H](C)N1CCN(S(=O)(=O)c2ccc3c(c2)CCCC3)CC1. The van der Waals surface area contributed by atoms with E-state index >= 15 is 0 Å². The van der Waals surface area contributed by atoms with Gasteiger partial charge in [0.25, 0.3) is 0 Å². The zero-order valence-corrected chi connectivity index (χ0v) is 16.5. The zero-order chi connectivity index (χ0) is 18.7. The van der Waals surface area contributed by atoms with Crippen LogP contribution in [-0.4, -0.2) is 62.3 Å². The average molecular weight is 380 g/mol. The van der Waals surface area contributed by atoms with Gasteiger partial charge in [-0.2, -0.15) is 4.31 Å². The van der Waals surface area contributed by atoms with Gasteiger partial charge in [-0.1, -0.05) is 6.07 Å². The molecule has 0 radical (unpaired) electrons. The van der Waals surface area contributed by atoms with E-state index in [1.54, 1.807) is 10.4 Å². The van der Waals surface area contributed by atoms with Gasteiger partial charge in [-0.15, -0.1) is 0 Å². The van der Waals surface area contributed by atoms with Crippen LogP contribution in [0.5, 0.6) is 0 Å². The number of hydrogen-bond acceptors (Lipinski definition) is 4. The number of aryl methyl sites for hydroxylation is 2. The summed E-state index contributed by atoms with van der Waals surface area (Å²) in [6.07, 6.45) is 4.33. The van der Waals surface area contributed by atoms with Gasteiger partial charge in [0.1, 0.15) is 0 Å². The summed E-state index contributed by atoms with van der Waals surface area (Å²) >= 11 is 0. The van der Waals surface area contributed by atoms with Gasteiger partial charge < -0.3 is 5.32 Å². The van der Waals surface area contributed by atoms with E-state index in [1.165, 1.54) is 17.5 Å². The molecule has 1 fully saturated rings. The maximum absolute atomic E-state index is 13.0. The monoisotopic (exact) mass is 379 g/mol. The normalized spacial score (nSPS) is 20.4. The van der Waals surface area contributed by atoms with Crippen LogP contribution in [-0.2, 0) is 27.7 Å². The van der Waals surface area contributed by atoms with Crippen molar-refractivity contribution in [3.05, 3.63) is 29.3 Å². The molecule has 1 aromatic carbocycles. The number of nitrogens with zero attached hydrogens (tertiary/aromatic N) is 2. The van der Waals surface area contributed by atoms with E-state index in [1.807, 2.05) is 30.9 Å². The standard InChI is InChI=1S/C19H29N3O3S/c1-3-20-19(23)15(2)21-10-12-22(13-11-21)26(24,25)18-9-8-16-6-4-5-7-17(16)14-18/h8-9,14-15H,3-7,10-13H2,1-2H3,(H,20,23)/t15-/m1/s1. The summed E-state index contributed by atoms with van der Waals surface area (Å²) in [4.78, 5) is 14.4. The summed E-state index contributed by atoms with van der Waals surface area (Å²) in [7, 11) is -3.47. The van der Waals surface area contributed by atoms with Gasteiger partial charge in [-0.3, -0.25) is 9.69 Å². The van der Waals surface area contributed by atoms with Crippen LogP contribution < -0.4 is 5.32 Å². The Balaban J connectivity index is 1.67. The minimum Gasteiger partial charge on any atom is -0.355 e. The number of carbonyl (C=O) groups is 1. The lowest BCUT2D eigenvalue weighted by Gasteiger charge is -2.36. The van der Waals surface area contributed by atoms with Crippen molar-refractivity contribution in [2.45, 2.75) is 50.5 Å². The third kappa shape index (κ3) is 3.94. The van der Waals surface area contributed by atoms with Crippen LogP contribution in [0.2, 0.25) is 0 Å². The first-order chi connectivity index (χ1) is 12.4. The summed E-state index contributed by atoms with van der Waals surface area (Å²) in [5, 5.41) is 2.83. The van der Waals surface area contributed by atoms with Crippen LogP contribution in [0.1, 0.15) is 37.8 Å². The zero-order valence-electron chi connectivity index (χ0n) is 15.7. The van der Waals surface area contributed by atoms with Crippen molar-refractivity contribution >= 4 is 15.9 Å². The third-order valence-electron chi connectivity index (χ3n) is 5.51. The van der Waals surface area contributed by atoms with Crippen LogP contribution in [0.3, 0.4) is 0 Å². The van der Waals surface area contributed by atoms with Gasteiger partial charge in [0.2, 0.25) is 15.9 Å². The van der Waals surface area contributed by atoms with Crippen molar-refractivity contribution in [3.8, 4) is 0 Å². The lowest BCUT2D eigenvalue weighted by Crippen LogP contribution is -2.54. The van der Waals surface area contributed by atoms with E-state index in [0.29, 0.717) is 37.6 Å². The fourth-order valence-electron chi connectivity index (χ4n) is 3.84. The number of benzene rings is 1. The molecule has 1 atom stereocenters. The molecule has 1 aliphatic carbocycles. The summed E-state index contributed by atoms with van der Waals surface area (Å²) in [6, 6.07) is 5.37. The number of rotatable bonds is 5. The molecule has 26 heavy (non-hydrogen) atoms. The predicted molar refractivity (Wildman–Crippen MR) is 102 cm³/mol. The van der Waals surface area contributed by atoms with Gasteiger partial charge in [0.05, 0.1) is 10.9 Å². The minimum absolute atomic E-state index is 0.00139. The number of nitrogens with one attached hydrogen (secondary N) is 1. The van der Waals surface area contributed by atoms with Crippen molar-refractivity contribution in [1.82, 2.24) is 14.5 Å². The van der Waals surface area contributed by atoms with Crippen molar-refractivity contribution in [2.24, 2.45) is 0 Å². The fraction of sp³-hybridized carbons (Fsp3) is 0.632. The van der Waals surface area contributed by atoms with Gasteiger partial charge in [-0.25, -0.2) is 8.42 Å². The van der Waals surface area contributed by atoms with Gasteiger partial charge in [0, 0.05) is 32.7 Å². The Hall–Kier alpha value is -1.44. The van der Waals surface area contributed by atoms with Crippen LogP contribution >= 0.6 is 0 Å². The molecule has 144 valence electrons. The highest BCUT2D eigenvalue weighted by Crippen LogP contribution is 2.26. The predicted octanol–water partition coefficient (Wildman–Crippen LogP) is 1.40. The van der Waals surface area contributed by atoms with E-state index < -0.39 is 10.0 Å². The Morgan fingerprint density at radius 1 is 1.12 bits per heavy atom. The van der Waals surface area contributed by atoms with E-state index in [9.17, 15) is 13.2 Å². The molecule has 0 spiro atoms. The molecule has 0 bridgehead atoms. The van der Waals surface area contributed by atoms with Crippen LogP contribution in [0, 0.1) is 0 Å². The maximum atomic E-state index is 13.0. The van der Waals surface area contributed by atoms with Crippen molar-refractivity contribution in [1.29, 1.82) is 0 Å². The molecule has 1 N–H and O–H groups in total. The quantitative estimate of drug-likeness (QED) is 0.840. The number of likely N-dealkylation sites (N-methyl/N-ethyl adjacent to an activating group) is 1. The van der Waals surface area contributed by atoms with E-state index in [-0.39, 0.29) is 11.9 Å². The topological polar surface area (TPSA) is 69.7 Å². The van der Waals surface area contributed by atoms with Gasteiger partial charge in [-0.05, 0) is 62.8 Å². The lowest BCUT2D eigenvalue weighted by atomic mass is 9.92. The van der Waals surface area contributed by atoms with E-state index in [4.69, 9.17) is 0 Å². The molecule has 1 aliphatic heterocycles. The number of sulfonamides is 1. The van der Waals surface area contributed by atoms with Gasteiger partial charge in [0.15, 0.2) is 0 Å². The number of fused-ring (bicyclic) bond motifs is 1. The number of piperazine rings is 1. The largest absolute Gasteiger partial charge is 0.355 e. The fourth-order valence-corrected chi connectivity index (χ4v) is 5.31. The van der Waals surface area contributed by atoms with Crippen molar-refractivity contribution in [3.63, 3.8) is 0 Å². The molecule has 2 aliphatic rings. The maximum Gasteiger partial charge on any atom is 0.243 e.